The number of phenols is 1. The predicted octanol–water partition coefficient (Wildman–Crippen LogP) is 11.8. The third kappa shape index (κ3) is 13.0. The Morgan fingerprint density at radius 3 is 1.55 bits per heavy atom. The van der Waals surface area contributed by atoms with E-state index in [-0.39, 0.29) is 16.6 Å². The molecule has 0 bridgehead atoms. The van der Waals surface area contributed by atoms with Gasteiger partial charge in [-0.15, -0.1) is 0 Å². The van der Waals surface area contributed by atoms with Crippen LogP contribution in [0.4, 0.5) is 0 Å². The Morgan fingerprint density at radius 1 is 0.591 bits per heavy atom. The van der Waals surface area contributed by atoms with E-state index >= 15 is 0 Å². The van der Waals surface area contributed by atoms with Crippen LogP contribution in [0.1, 0.15) is 142 Å². The Bertz CT molecular complexity index is 1230. The summed E-state index contributed by atoms with van der Waals surface area (Å²) in [5.41, 5.74) is 1.21. The summed E-state index contributed by atoms with van der Waals surface area (Å²) in [5.74, 6) is 1.19. The van der Waals surface area contributed by atoms with Crippen molar-refractivity contribution < 1.29 is 19.0 Å². The van der Waals surface area contributed by atoms with Crippen LogP contribution >= 0.6 is 0 Å². The highest BCUT2D eigenvalue weighted by Crippen LogP contribution is 2.31. The quantitative estimate of drug-likeness (QED) is 0.0972. The van der Waals surface area contributed by atoms with E-state index in [0.717, 1.165) is 30.6 Å². The molecule has 3 aromatic rings. The van der Waals surface area contributed by atoms with Gasteiger partial charge in [0, 0.05) is 12.1 Å². The summed E-state index contributed by atoms with van der Waals surface area (Å²) in [4.78, 5) is 13.3. The Kier molecular flexibility index (Phi) is 17.5. The summed E-state index contributed by atoms with van der Waals surface area (Å²) in [6.07, 6.45) is 27.1. The molecule has 1 aromatic heterocycles. The molecule has 0 saturated heterocycles. The average molecular weight is 607 g/mol. The Balaban J connectivity index is 1.39. The maximum absolute atomic E-state index is 13.3. The molecule has 0 aliphatic rings. The molecule has 3 rings (SSSR count). The van der Waals surface area contributed by atoms with Crippen LogP contribution in [0.15, 0.2) is 51.9 Å². The number of fused-ring (bicyclic) bond motifs is 1. The van der Waals surface area contributed by atoms with Gasteiger partial charge in [-0.3, -0.25) is 4.79 Å². The second-order valence-electron chi connectivity index (χ2n) is 12.4. The molecule has 244 valence electrons. The van der Waals surface area contributed by atoms with E-state index in [1.807, 2.05) is 24.3 Å². The molecule has 0 aliphatic carbocycles. The highest BCUT2D eigenvalue weighted by Gasteiger charge is 2.15. The van der Waals surface area contributed by atoms with Crippen molar-refractivity contribution in [1.82, 2.24) is 0 Å². The minimum Gasteiger partial charge on any atom is -0.507 e. The third-order valence-electron chi connectivity index (χ3n) is 8.53. The van der Waals surface area contributed by atoms with Gasteiger partial charge in [0.1, 0.15) is 34.5 Å². The Labute approximate surface area is 266 Å². The number of hydrogen-bond donors (Lipinski definition) is 1. The van der Waals surface area contributed by atoms with E-state index in [0.29, 0.717) is 30.1 Å². The molecule has 0 aliphatic heterocycles. The second-order valence-corrected chi connectivity index (χ2v) is 12.4. The summed E-state index contributed by atoms with van der Waals surface area (Å²) in [5, 5.41) is 10.9. The fourth-order valence-electron chi connectivity index (χ4n) is 5.78. The number of unbranched alkanes of at least 4 members (excludes halogenated alkanes) is 18. The van der Waals surface area contributed by atoms with E-state index in [9.17, 15) is 9.90 Å². The molecule has 5 heteroatoms. The smallest absolute Gasteiger partial charge is 0.204 e. The van der Waals surface area contributed by atoms with Crippen molar-refractivity contribution >= 4 is 11.0 Å². The van der Waals surface area contributed by atoms with Gasteiger partial charge in [-0.1, -0.05) is 142 Å². The zero-order valence-corrected chi connectivity index (χ0v) is 27.7. The van der Waals surface area contributed by atoms with Crippen LogP contribution in [-0.4, -0.2) is 18.3 Å². The van der Waals surface area contributed by atoms with Gasteiger partial charge in [-0.2, -0.15) is 0 Å². The first kappa shape index (κ1) is 35.5. The van der Waals surface area contributed by atoms with Gasteiger partial charge in [0.25, 0.3) is 0 Å². The lowest BCUT2D eigenvalue weighted by molar-refractivity contribution is 0.302. The van der Waals surface area contributed by atoms with Crippen molar-refractivity contribution in [3.8, 4) is 28.4 Å². The van der Waals surface area contributed by atoms with Crippen molar-refractivity contribution in [2.45, 2.75) is 142 Å². The maximum Gasteiger partial charge on any atom is 0.204 e. The van der Waals surface area contributed by atoms with E-state index in [2.05, 4.69) is 13.8 Å². The molecule has 0 saturated carbocycles. The minimum absolute atomic E-state index is 0.118. The Hall–Kier alpha value is -2.95. The number of phenolic OH excluding ortho intramolecular Hbond substituents is 1. The molecule has 0 radical (unpaired) electrons. The zero-order chi connectivity index (χ0) is 31.2. The van der Waals surface area contributed by atoms with Crippen molar-refractivity contribution in [2.24, 2.45) is 0 Å². The van der Waals surface area contributed by atoms with Gasteiger partial charge in [-0.25, -0.2) is 0 Å². The second kappa shape index (κ2) is 21.7. The normalized spacial score (nSPS) is 11.3. The van der Waals surface area contributed by atoms with Crippen molar-refractivity contribution in [3.63, 3.8) is 0 Å². The SMILES string of the molecule is CCCCCCCCCCCCOc1ccc(-c2coc3cc(OCCCCCCCCCCCC)cc(O)c3c2=O)cc1. The number of rotatable bonds is 25. The monoisotopic (exact) mass is 606 g/mol. The topological polar surface area (TPSA) is 68.9 Å². The lowest BCUT2D eigenvalue weighted by atomic mass is 10.0. The van der Waals surface area contributed by atoms with Gasteiger partial charge >= 0.3 is 0 Å². The third-order valence-corrected chi connectivity index (χ3v) is 8.53. The first-order valence-corrected chi connectivity index (χ1v) is 17.8. The highest BCUT2D eigenvalue weighted by molar-refractivity contribution is 5.88. The van der Waals surface area contributed by atoms with E-state index in [4.69, 9.17) is 13.9 Å². The number of aromatic hydroxyl groups is 1. The fraction of sp³-hybridized carbons (Fsp3) is 0.615. The van der Waals surface area contributed by atoms with Crippen LogP contribution in [-0.2, 0) is 0 Å². The van der Waals surface area contributed by atoms with Crippen LogP contribution in [0, 0.1) is 0 Å². The summed E-state index contributed by atoms with van der Waals surface area (Å²) < 4.78 is 17.6. The van der Waals surface area contributed by atoms with Gasteiger partial charge in [-0.05, 0) is 30.5 Å². The summed E-state index contributed by atoms with van der Waals surface area (Å²) >= 11 is 0. The summed E-state index contributed by atoms with van der Waals surface area (Å²) in [6, 6.07) is 10.7. The number of hydrogen-bond acceptors (Lipinski definition) is 5. The molecule has 44 heavy (non-hydrogen) atoms. The first-order chi connectivity index (χ1) is 21.6. The fourth-order valence-corrected chi connectivity index (χ4v) is 5.78. The molecule has 2 aromatic carbocycles. The number of benzene rings is 2. The van der Waals surface area contributed by atoms with Gasteiger partial charge in [0.2, 0.25) is 5.43 Å². The Morgan fingerprint density at radius 2 is 1.05 bits per heavy atom. The van der Waals surface area contributed by atoms with Crippen molar-refractivity contribution in [3.05, 3.63) is 52.9 Å². The average Bonchev–Trinajstić information content (AvgIpc) is 3.03. The summed E-state index contributed by atoms with van der Waals surface area (Å²) in [7, 11) is 0. The number of ether oxygens (including phenoxy) is 2. The molecule has 0 fully saturated rings. The minimum atomic E-state index is -0.260. The van der Waals surface area contributed by atoms with Gasteiger partial charge < -0.3 is 19.0 Å². The molecule has 0 unspecified atom stereocenters. The van der Waals surface area contributed by atoms with Crippen LogP contribution < -0.4 is 14.9 Å². The van der Waals surface area contributed by atoms with Crippen LogP contribution in [0.3, 0.4) is 0 Å². The van der Waals surface area contributed by atoms with E-state index < -0.39 is 0 Å². The zero-order valence-electron chi connectivity index (χ0n) is 27.7. The molecule has 0 amide bonds. The first-order valence-electron chi connectivity index (χ1n) is 17.8. The molecular formula is C39H58O5. The molecule has 1 N–H and O–H groups in total. The van der Waals surface area contributed by atoms with Crippen molar-refractivity contribution in [1.29, 1.82) is 0 Å². The molecule has 0 spiro atoms. The van der Waals surface area contributed by atoms with Crippen LogP contribution in [0.2, 0.25) is 0 Å². The van der Waals surface area contributed by atoms with Gasteiger partial charge in [0.15, 0.2) is 0 Å². The molecule has 0 atom stereocenters. The summed E-state index contributed by atoms with van der Waals surface area (Å²) in [6.45, 7) is 5.79. The molecule has 5 nitrogen and oxygen atoms in total. The lowest BCUT2D eigenvalue weighted by Gasteiger charge is -2.10. The largest absolute Gasteiger partial charge is 0.507 e. The standard InChI is InChI=1S/C39H58O5/c1-3-5-7-9-11-13-15-17-19-21-27-42-33-25-23-32(24-26-33)35-31-44-37-30-34(29-36(40)38(37)39(35)41)43-28-22-20-18-16-14-12-10-8-6-4-2/h23-26,29-31,40H,3-22,27-28H2,1-2H3. The molecular weight excluding hydrogens is 548 g/mol. The predicted molar refractivity (Wildman–Crippen MR) is 184 cm³/mol. The van der Waals surface area contributed by atoms with Crippen LogP contribution in [0.5, 0.6) is 17.2 Å². The molecule has 1 heterocycles. The highest BCUT2D eigenvalue weighted by atomic mass is 16.5. The van der Waals surface area contributed by atoms with Crippen molar-refractivity contribution in [2.75, 3.05) is 13.2 Å². The lowest BCUT2D eigenvalue weighted by Crippen LogP contribution is -2.06. The maximum atomic E-state index is 13.3. The van der Waals surface area contributed by atoms with Gasteiger partial charge in [0.05, 0.1) is 18.8 Å². The van der Waals surface area contributed by atoms with E-state index in [1.54, 1.807) is 6.07 Å². The van der Waals surface area contributed by atoms with Crippen LogP contribution in [0.25, 0.3) is 22.1 Å². The van der Waals surface area contributed by atoms with E-state index in [1.165, 1.54) is 121 Å².